The zero-order valence-electron chi connectivity index (χ0n) is 20.4. The number of aldehydes is 2. The molecule has 2 aromatic rings. The van der Waals surface area contributed by atoms with Crippen LogP contribution in [0.25, 0.3) is 10.4 Å². The van der Waals surface area contributed by atoms with E-state index in [1.54, 1.807) is 24.5 Å². The number of nitrogens with one attached hydrogen (secondary N) is 1. The number of thiophene rings is 1. The maximum Gasteiger partial charge on any atom is 0.160 e. The zero-order chi connectivity index (χ0) is 24.8. The summed E-state index contributed by atoms with van der Waals surface area (Å²) in [6.07, 6.45) is 5.98. The third kappa shape index (κ3) is 17.0. The maximum atomic E-state index is 10.6. The molecule has 1 aromatic carbocycles. The van der Waals surface area contributed by atoms with Gasteiger partial charge in [0.25, 0.3) is 0 Å². The first-order chi connectivity index (χ1) is 15.3. The molecular weight excluding hydrogens is 418 g/mol. The van der Waals surface area contributed by atoms with Gasteiger partial charge in [-0.15, -0.1) is 11.3 Å². The maximum absolute atomic E-state index is 10.6. The summed E-state index contributed by atoms with van der Waals surface area (Å²) in [4.78, 5) is 22.1. The molecular formula is C27H39NO3S. The average Bonchev–Trinajstić information content (AvgIpc) is 3.16. The molecule has 0 saturated carbocycles. The van der Waals surface area contributed by atoms with Gasteiger partial charge in [-0.3, -0.25) is 4.79 Å². The fraction of sp³-hybridized carbons (Fsp3) is 0.333. The molecule has 0 unspecified atom stereocenters. The van der Waals surface area contributed by atoms with Crippen LogP contribution in [0.1, 0.15) is 49.4 Å². The number of carbonyl (C=O) groups is 2. The second-order valence-electron chi connectivity index (χ2n) is 6.67. The van der Waals surface area contributed by atoms with Gasteiger partial charge in [0.15, 0.2) is 6.29 Å². The van der Waals surface area contributed by atoms with Gasteiger partial charge in [0.1, 0.15) is 6.29 Å². The van der Waals surface area contributed by atoms with Crippen molar-refractivity contribution in [1.82, 2.24) is 5.32 Å². The Kier molecular flexibility index (Phi) is 21.1. The smallest absolute Gasteiger partial charge is 0.160 e. The number of benzene rings is 1. The number of allylic oxidation sites excluding steroid dienone is 4. The fourth-order valence-corrected chi connectivity index (χ4v) is 3.09. The molecule has 176 valence electrons. The van der Waals surface area contributed by atoms with Gasteiger partial charge >= 0.3 is 0 Å². The van der Waals surface area contributed by atoms with Crippen molar-refractivity contribution in [2.24, 2.45) is 0 Å². The Labute approximate surface area is 198 Å². The molecule has 4 nitrogen and oxygen atoms in total. The molecule has 0 spiro atoms. The minimum atomic E-state index is 0.500. The van der Waals surface area contributed by atoms with Crippen molar-refractivity contribution in [3.63, 3.8) is 0 Å². The molecule has 5 heteroatoms. The Hall–Kier alpha value is -2.76. The van der Waals surface area contributed by atoms with Gasteiger partial charge in [0.2, 0.25) is 0 Å². The van der Waals surface area contributed by atoms with Crippen molar-refractivity contribution >= 4 is 23.9 Å². The molecule has 0 aliphatic carbocycles. The van der Waals surface area contributed by atoms with Crippen molar-refractivity contribution in [2.45, 2.75) is 41.0 Å². The van der Waals surface area contributed by atoms with E-state index in [4.69, 9.17) is 0 Å². The van der Waals surface area contributed by atoms with Crippen LogP contribution in [0.5, 0.6) is 0 Å². The second kappa shape index (κ2) is 21.5. The lowest BCUT2D eigenvalue weighted by molar-refractivity contribution is -0.107. The largest absolute Gasteiger partial charge is 0.389 e. The lowest BCUT2D eigenvalue weighted by atomic mass is 10.1. The van der Waals surface area contributed by atoms with E-state index in [1.165, 1.54) is 21.7 Å². The average molecular weight is 458 g/mol. The quantitative estimate of drug-likeness (QED) is 0.263. The summed E-state index contributed by atoms with van der Waals surface area (Å²) in [5.41, 5.74) is 4.44. The molecule has 0 fully saturated rings. The van der Waals surface area contributed by atoms with Crippen molar-refractivity contribution in [3.05, 3.63) is 83.4 Å². The zero-order valence-corrected chi connectivity index (χ0v) is 21.3. The first-order valence-electron chi connectivity index (χ1n) is 10.5. The molecule has 32 heavy (non-hydrogen) atoms. The van der Waals surface area contributed by atoms with Crippen LogP contribution in [0.2, 0.25) is 0 Å². The van der Waals surface area contributed by atoms with Gasteiger partial charge in [-0.2, -0.15) is 0 Å². The van der Waals surface area contributed by atoms with Crippen LogP contribution in [0.15, 0.2) is 73.0 Å². The number of hydrogen-bond donors (Lipinski definition) is 1. The number of rotatable bonds is 8. The highest BCUT2D eigenvalue weighted by molar-refractivity contribution is 7.17. The van der Waals surface area contributed by atoms with Gasteiger partial charge in [0.05, 0.1) is 4.88 Å². The van der Waals surface area contributed by atoms with Gasteiger partial charge in [-0.1, -0.05) is 55.1 Å². The predicted molar refractivity (Wildman–Crippen MR) is 141 cm³/mol. The standard InChI is InChI=1S/C12H10OS.C7H13N.C5H8O.C3H8O/c1-9-7-11(8-13)14-12(9)10-5-3-2-4-6-10;1-4-6-7(3)8-5-2;1-5(2)3-4-6;1-3-4-2/h2-8H,1H3;4,6,8H,1,5H2,2-3H3;4H,1,3H2,2H3;3H2,1-2H3/b;7-6+;;. The van der Waals surface area contributed by atoms with Crippen molar-refractivity contribution in [2.75, 3.05) is 20.3 Å². The van der Waals surface area contributed by atoms with Crippen LogP contribution in [0, 0.1) is 6.92 Å². The summed E-state index contributed by atoms with van der Waals surface area (Å²) in [5, 5.41) is 3.14. The SMILES string of the molecule is C=C(C)CC=O.C=C/C=C(\C)NCC.CCOC.Cc1cc(C=O)sc1-c1ccccc1. The molecule has 0 radical (unpaired) electrons. The number of methoxy groups -OCH3 is 1. The van der Waals surface area contributed by atoms with Crippen LogP contribution in [0.3, 0.4) is 0 Å². The minimum absolute atomic E-state index is 0.500. The van der Waals surface area contributed by atoms with Crippen molar-refractivity contribution in [1.29, 1.82) is 0 Å². The Balaban J connectivity index is 0. The monoisotopic (exact) mass is 457 g/mol. The van der Waals surface area contributed by atoms with E-state index in [0.29, 0.717) is 6.42 Å². The number of hydrogen-bond acceptors (Lipinski definition) is 5. The van der Waals surface area contributed by atoms with Gasteiger partial charge < -0.3 is 14.8 Å². The third-order valence-corrected chi connectivity index (χ3v) is 4.84. The van der Waals surface area contributed by atoms with E-state index in [1.807, 2.05) is 58.0 Å². The summed E-state index contributed by atoms with van der Waals surface area (Å²) >= 11 is 1.54. The molecule has 0 atom stereocenters. The highest BCUT2D eigenvalue weighted by atomic mass is 32.1. The molecule has 1 aromatic heterocycles. The Morgan fingerprint density at radius 1 is 1.16 bits per heavy atom. The van der Waals surface area contributed by atoms with Crippen LogP contribution in [0.4, 0.5) is 0 Å². The summed E-state index contributed by atoms with van der Waals surface area (Å²) < 4.78 is 4.54. The lowest BCUT2D eigenvalue weighted by Gasteiger charge is -1.98. The van der Waals surface area contributed by atoms with E-state index in [0.717, 1.165) is 36.2 Å². The molecule has 0 amide bonds. The molecule has 1 N–H and O–H groups in total. The highest BCUT2D eigenvalue weighted by Crippen LogP contribution is 2.31. The predicted octanol–water partition coefficient (Wildman–Crippen LogP) is 7.03. The molecule has 2 rings (SSSR count). The van der Waals surface area contributed by atoms with Gasteiger partial charge in [-0.25, -0.2) is 0 Å². The van der Waals surface area contributed by atoms with E-state index >= 15 is 0 Å². The van der Waals surface area contributed by atoms with Crippen molar-refractivity contribution < 1.29 is 14.3 Å². The minimum Gasteiger partial charge on any atom is -0.389 e. The molecule has 1 heterocycles. The van der Waals surface area contributed by atoms with Gasteiger partial charge in [-0.05, 0) is 57.9 Å². The van der Waals surface area contributed by atoms with Crippen LogP contribution < -0.4 is 5.32 Å². The highest BCUT2D eigenvalue weighted by Gasteiger charge is 2.06. The molecule has 0 bridgehead atoms. The first-order valence-corrected chi connectivity index (χ1v) is 11.3. The van der Waals surface area contributed by atoms with Crippen LogP contribution in [-0.2, 0) is 9.53 Å². The summed E-state index contributed by atoms with van der Waals surface area (Å²) in [6, 6.07) is 12.1. The van der Waals surface area contributed by atoms with Gasteiger partial charge in [0, 0.05) is 37.3 Å². The number of carbonyl (C=O) groups excluding carboxylic acids is 2. The van der Waals surface area contributed by atoms with Crippen LogP contribution in [-0.4, -0.2) is 32.8 Å². The fourth-order valence-electron chi connectivity index (χ4n) is 2.10. The Morgan fingerprint density at radius 2 is 1.75 bits per heavy atom. The summed E-state index contributed by atoms with van der Waals surface area (Å²) in [7, 11) is 1.68. The normalized spacial score (nSPS) is 9.50. The van der Waals surface area contributed by atoms with E-state index < -0.39 is 0 Å². The summed E-state index contributed by atoms with van der Waals surface area (Å²) in [5.74, 6) is 0. The first kappa shape index (κ1) is 31.4. The third-order valence-electron chi connectivity index (χ3n) is 3.63. The number of aryl methyl sites for hydroxylation is 1. The van der Waals surface area contributed by atoms with Crippen LogP contribution >= 0.6 is 11.3 Å². The molecule has 0 aliphatic rings. The van der Waals surface area contributed by atoms with E-state index in [9.17, 15) is 9.59 Å². The topological polar surface area (TPSA) is 55.4 Å². The Morgan fingerprint density at radius 3 is 2.09 bits per heavy atom. The molecule has 0 saturated heterocycles. The summed E-state index contributed by atoms with van der Waals surface area (Å²) in [6.45, 7) is 18.8. The Bertz CT molecular complexity index is 806. The molecule has 0 aliphatic heterocycles. The lowest BCUT2D eigenvalue weighted by Crippen LogP contribution is -2.08. The van der Waals surface area contributed by atoms with Crippen molar-refractivity contribution in [3.8, 4) is 10.4 Å². The van der Waals surface area contributed by atoms with E-state index in [-0.39, 0.29) is 0 Å². The van der Waals surface area contributed by atoms with E-state index in [2.05, 4.69) is 42.3 Å². The number of ether oxygens (including phenoxy) is 1. The second-order valence-corrected chi connectivity index (χ2v) is 7.75.